The molecule has 2 aromatic rings. The third kappa shape index (κ3) is 5.79. The predicted octanol–water partition coefficient (Wildman–Crippen LogP) is 3.66. The van der Waals surface area contributed by atoms with Gasteiger partial charge < -0.3 is 5.32 Å². The van der Waals surface area contributed by atoms with E-state index in [1.54, 1.807) is 0 Å². The smallest absolute Gasteiger partial charge is 0.361 e. The zero-order valence-electron chi connectivity index (χ0n) is 16.2. The molecule has 30 heavy (non-hydrogen) atoms. The minimum atomic E-state index is -4.58. The Morgan fingerprint density at radius 2 is 2.13 bits per heavy atom. The third-order valence-corrected chi connectivity index (χ3v) is 5.50. The maximum Gasteiger partial charge on any atom is 0.433 e. The zero-order chi connectivity index (χ0) is 21.7. The van der Waals surface area contributed by atoms with E-state index in [4.69, 9.17) is 12.2 Å². The number of aromatic nitrogens is 3. The summed E-state index contributed by atoms with van der Waals surface area (Å²) < 4.78 is 40.1. The first kappa shape index (κ1) is 22.2. The fourth-order valence-corrected chi connectivity index (χ4v) is 3.92. The Morgan fingerprint density at radius 3 is 2.83 bits per heavy atom. The molecule has 0 unspecified atom stereocenters. The molecule has 0 fully saturated rings. The van der Waals surface area contributed by atoms with E-state index in [1.165, 1.54) is 30.7 Å². The van der Waals surface area contributed by atoms with E-state index in [2.05, 4.69) is 32.3 Å². The van der Waals surface area contributed by atoms with E-state index in [0.717, 1.165) is 36.7 Å². The molecule has 1 aliphatic carbocycles. The number of allylic oxidation sites excluding steroid dienone is 1. The van der Waals surface area contributed by atoms with Crippen molar-refractivity contribution in [1.29, 1.82) is 0 Å². The van der Waals surface area contributed by atoms with Crippen LogP contribution in [0.25, 0.3) is 5.13 Å². The highest BCUT2D eigenvalue weighted by Crippen LogP contribution is 2.32. The first-order valence-corrected chi connectivity index (χ1v) is 10.6. The van der Waals surface area contributed by atoms with Gasteiger partial charge in [0.25, 0.3) is 5.91 Å². The molecule has 0 saturated carbocycles. The Balaban J connectivity index is 1.52. The molecule has 7 nitrogen and oxygen atoms in total. The SMILES string of the molecule is Cc1cc(C(F)(F)F)n(-c2nc(C(=O)NNC(=S)NCCC3=CCCCC3)cs2)n1. The monoisotopic (exact) mass is 458 g/mol. The summed E-state index contributed by atoms with van der Waals surface area (Å²) in [5.41, 5.74) is 5.57. The highest BCUT2D eigenvalue weighted by atomic mass is 32.1. The van der Waals surface area contributed by atoms with Gasteiger partial charge in [-0.3, -0.25) is 15.6 Å². The Labute approximate surface area is 180 Å². The molecule has 0 spiro atoms. The molecule has 0 radical (unpaired) electrons. The summed E-state index contributed by atoms with van der Waals surface area (Å²) in [7, 11) is 0. The van der Waals surface area contributed by atoms with E-state index in [1.807, 2.05) is 0 Å². The molecule has 3 N–H and O–H groups in total. The van der Waals surface area contributed by atoms with Crippen LogP contribution in [-0.4, -0.2) is 32.3 Å². The molecule has 12 heteroatoms. The van der Waals surface area contributed by atoms with Crippen molar-refractivity contribution in [1.82, 2.24) is 30.9 Å². The number of hydrogen-bond acceptors (Lipinski definition) is 5. The quantitative estimate of drug-likeness (QED) is 0.360. The van der Waals surface area contributed by atoms with Crippen molar-refractivity contribution in [3.05, 3.63) is 40.2 Å². The van der Waals surface area contributed by atoms with Gasteiger partial charge in [-0.1, -0.05) is 11.6 Å². The first-order chi connectivity index (χ1) is 14.2. The average Bonchev–Trinajstić information content (AvgIpc) is 3.33. The molecule has 0 saturated heterocycles. The molecule has 0 aliphatic heterocycles. The zero-order valence-corrected chi connectivity index (χ0v) is 17.8. The van der Waals surface area contributed by atoms with Crippen LogP contribution in [-0.2, 0) is 6.18 Å². The van der Waals surface area contributed by atoms with E-state index in [-0.39, 0.29) is 21.6 Å². The van der Waals surface area contributed by atoms with Crippen LogP contribution in [0.1, 0.15) is 54.0 Å². The van der Waals surface area contributed by atoms with Gasteiger partial charge in [0.1, 0.15) is 5.69 Å². The minimum Gasteiger partial charge on any atom is -0.361 e. The number of hydrazine groups is 1. The van der Waals surface area contributed by atoms with Gasteiger partial charge in [0.05, 0.1) is 5.69 Å². The molecule has 0 aromatic carbocycles. The second-order valence-corrected chi connectivity index (χ2v) is 8.03. The number of aryl methyl sites for hydroxylation is 1. The maximum atomic E-state index is 13.1. The van der Waals surface area contributed by atoms with Gasteiger partial charge in [-0.15, -0.1) is 11.3 Å². The summed E-state index contributed by atoms with van der Waals surface area (Å²) in [6.45, 7) is 2.10. The van der Waals surface area contributed by atoms with Crippen LogP contribution in [0.4, 0.5) is 13.2 Å². The lowest BCUT2D eigenvalue weighted by Gasteiger charge is -2.14. The van der Waals surface area contributed by atoms with E-state index in [0.29, 0.717) is 11.2 Å². The molecule has 2 heterocycles. The molecule has 1 aliphatic rings. The summed E-state index contributed by atoms with van der Waals surface area (Å²) in [4.78, 5) is 16.2. The molecule has 1 amide bonds. The van der Waals surface area contributed by atoms with Crippen molar-refractivity contribution in [3.63, 3.8) is 0 Å². The van der Waals surface area contributed by atoms with Gasteiger partial charge in [-0.2, -0.15) is 18.3 Å². The van der Waals surface area contributed by atoms with Gasteiger partial charge in [0.2, 0.25) is 5.13 Å². The van der Waals surface area contributed by atoms with Crippen molar-refractivity contribution >= 4 is 34.6 Å². The van der Waals surface area contributed by atoms with Gasteiger partial charge >= 0.3 is 6.18 Å². The topological polar surface area (TPSA) is 83.9 Å². The number of thiocarbonyl (C=S) groups is 1. The summed E-state index contributed by atoms with van der Waals surface area (Å²) >= 11 is 6.00. The van der Waals surface area contributed by atoms with Crippen molar-refractivity contribution in [2.75, 3.05) is 6.54 Å². The van der Waals surface area contributed by atoms with Crippen molar-refractivity contribution in [2.24, 2.45) is 0 Å². The standard InChI is InChI=1S/C18H21F3N6OS2/c1-11-9-14(18(19,20)21)27(26-11)17-23-13(10-30-17)15(28)24-25-16(29)22-8-7-12-5-3-2-4-6-12/h5,9-10H,2-4,6-8H2,1H3,(H,24,28)(H2,22,25,29). The van der Waals surface area contributed by atoms with Crippen LogP contribution < -0.4 is 16.2 Å². The fraction of sp³-hybridized carbons (Fsp3) is 0.444. The fourth-order valence-electron chi connectivity index (χ4n) is 3.00. The lowest BCUT2D eigenvalue weighted by molar-refractivity contribution is -0.142. The summed E-state index contributed by atoms with van der Waals surface area (Å²) in [6.07, 6.45) is 3.23. The summed E-state index contributed by atoms with van der Waals surface area (Å²) in [6, 6.07) is 0.927. The summed E-state index contributed by atoms with van der Waals surface area (Å²) in [5.74, 6) is -0.617. The number of alkyl halides is 3. The van der Waals surface area contributed by atoms with Crippen LogP contribution >= 0.6 is 23.6 Å². The van der Waals surface area contributed by atoms with Crippen LogP contribution in [0.15, 0.2) is 23.1 Å². The number of amides is 1. The largest absolute Gasteiger partial charge is 0.433 e. The molecular weight excluding hydrogens is 437 g/mol. The maximum absolute atomic E-state index is 13.1. The number of hydrogen-bond donors (Lipinski definition) is 3. The first-order valence-electron chi connectivity index (χ1n) is 9.36. The lowest BCUT2D eigenvalue weighted by atomic mass is 9.97. The Morgan fingerprint density at radius 1 is 1.33 bits per heavy atom. The Kier molecular flexibility index (Phi) is 7.08. The average molecular weight is 459 g/mol. The molecule has 0 bridgehead atoms. The van der Waals surface area contributed by atoms with Crippen LogP contribution in [0.5, 0.6) is 0 Å². The number of carbonyl (C=O) groups excluding carboxylic acids is 1. The lowest BCUT2D eigenvalue weighted by Crippen LogP contribution is -2.47. The molecule has 0 atom stereocenters. The normalized spacial score (nSPS) is 14.2. The van der Waals surface area contributed by atoms with Crippen molar-refractivity contribution < 1.29 is 18.0 Å². The van der Waals surface area contributed by atoms with Crippen LogP contribution in [0, 0.1) is 6.92 Å². The Bertz CT molecular complexity index is 950. The highest BCUT2D eigenvalue weighted by molar-refractivity contribution is 7.80. The molecule has 2 aromatic heterocycles. The molecule has 162 valence electrons. The number of thiazole rings is 1. The minimum absolute atomic E-state index is 0.0426. The van der Waals surface area contributed by atoms with E-state index in [9.17, 15) is 18.0 Å². The Hall–Kier alpha value is -2.47. The molecular formula is C18H21F3N6OS2. The highest BCUT2D eigenvalue weighted by Gasteiger charge is 2.36. The van der Waals surface area contributed by atoms with Crippen molar-refractivity contribution in [2.45, 2.75) is 45.2 Å². The molecule has 3 rings (SSSR count). The van der Waals surface area contributed by atoms with Gasteiger partial charge in [-0.05, 0) is 57.3 Å². The number of halogens is 3. The van der Waals surface area contributed by atoms with Gasteiger partial charge in [0, 0.05) is 11.9 Å². The second-order valence-electron chi connectivity index (χ2n) is 6.79. The second kappa shape index (κ2) is 9.56. The number of nitrogens with zero attached hydrogens (tertiary/aromatic N) is 3. The van der Waals surface area contributed by atoms with E-state index >= 15 is 0 Å². The number of carbonyl (C=O) groups is 1. The van der Waals surface area contributed by atoms with Crippen molar-refractivity contribution in [3.8, 4) is 5.13 Å². The van der Waals surface area contributed by atoms with Gasteiger partial charge in [-0.25, -0.2) is 9.67 Å². The van der Waals surface area contributed by atoms with E-state index < -0.39 is 17.8 Å². The number of nitrogens with one attached hydrogen (secondary N) is 3. The van der Waals surface area contributed by atoms with Gasteiger partial charge in [0.15, 0.2) is 10.8 Å². The van der Waals surface area contributed by atoms with Crippen LogP contribution in [0.2, 0.25) is 0 Å². The number of rotatable bonds is 5. The third-order valence-electron chi connectivity index (χ3n) is 4.43. The summed E-state index contributed by atoms with van der Waals surface area (Å²) in [5, 5.41) is 8.38. The predicted molar refractivity (Wildman–Crippen MR) is 111 cm³/mol. The van der Waals surface area contributed by atoms with Crippen LogP contribution in [0.3, 0.4) is 0 Å².